The summed E-state index contributed by atoms with van der Waals surface area (Å²) >= 11 is 0. The normalized spacial score (nSPS) is 9.95. The van der Waals surface area contributed by atoms with E-state index in [1.54, 1.807) is 0 Å². The number of nitrogens with one attached hydrogen (secondary N) is 1. The van der Waals surface area contributed by atoms with E-state index in [-0.39, 0.29) is 24.6 Å². The standard InChI is InChI=1S/C12H14FN3O4/c1-14-11(17)5-6-15(2)12(18)9-7-8(16(19)20)3-4-10(9)13/h3-4,7H,5-6H2,1-2H3,(H,14,17). The predicted octanol–water partition coefficient (Wildman–Crippen LogP) is 0.942. The quantitative estimate of drug-likeness (QED) is 0.643. The number of benzene rings is 1. The minimum Gasteiger partial charge on any atom is -0.359 e. The van der Waals surface area contributed by atoms with Gasteiger partial charge < -0.3 is 10.2 Å². The van der Waals surface area contributed by atoms with Crippen LogP contribution in [-0.2, 0) is 4.79 Å². The zero-order valence-electron chi connectivity index (χ0n) is 11.1. The maximum Gasteiger partial charge on any atom is 0.270 e. The van der Waals surface area contributed by atoms with Crippen molar-refractivity contribution in [1.82, 2.24) is 10.2 Å². The Morgan fingerprint density at radius 2 is 2.10 bits per heavy atom. The van der Waals surface area contributed by atoms with Crippen LogP contribution in [0.3, 0.4) is 0 Å². The summed E-state index contributed by atoms with van der Waals surface area (Å²) in [7, 11) is 2.86. The van der Waals surface area contributed by atoms with Crippen molar-refractivity contribution in [3.05, 3.63) is 39.7 Å². The Labute approximate surface area is 114 Å². The lowest BCUT2D eigenvalue weighted by Gasteiger charge is -2.16. The van der Waals surface area contributed by atoms with Crippen LogP contribution in [0.25, 0.3) is 0 Å². The van der Waals surface area contributed by atoms with Crippen LogP contribution in [0.1, 0.15) is 16.8 Å². The van der Waals surface area contributed by atoms with Crippen molar-refractivity contribution in [1.29, 1.82) is 0 Å². The molecule has 0 spiro atoms. The van der Waals surface area contributed by atoms with E-state index in [9.17, 15) is 24.1 Å². The Morgan fingerprint density at radius 1 is 1.45 bits per heavy atom. The van der Waals surface area contributed by atoms with E-state index in [2.05, 4.69) is 5.32 Å². The minimum absolute atomic E-state index is 0.0648. The van der Waals surface area contributed by atoms with Gasteiger partial charge in [0.25, 0.3) is 11.6 Å². The number of hydrogen-bond donors (Lipinski definition) is 1. The zero-order chi connectivity index (χ0) is 15.3. The summed E-state index contributed by atoms with van der Waals surface area (Å²) in [6.07, 6.45) is 0.0648. The van der Waals surface area contributed by atoms with Crippen molar-refractivity contribution in [2.75, 3.05) is 20.6 Å². The van der Waals surface area contributed by atoms with Crippen LogP contribution in [0.15, 0.2) is 18.2 Å². The highest BCUT2D eigenvalue weighted by molar-refractivity contribution is 5.95. The molecule has 1 N–H and O–H groups in total. The lowest BCUT2D eigenvalue weighted by molar-refractivity contribution is -0.384. The Kier molecular flexibility index (Phi) is 5.13. The summed E-state index contributed by atoms with van der Waals surface area (Å²) in [6, 6.07) is 2.74. The molecule has 7 nitrogen and oxygen atoms in total. The first-order valence-corrected chi connectivity index (χ1v) is 5.76. The van der Waals surface area contributed by atoms with Crippen molar-refractivity contribution < 1.29 is 18.9 Å². The molecule has 0 fully saturated rings. The fourth-order valence-electron chi connectivity index (χ4n) is 1.49. The molecule has 1 aromatic carbocycles. The lowest BCUT2D eigenvalue weighted by Crippen LogP contribution is -2.31. The summed E-state index contributed by atoms with van der Waals surface area (Å²) in [6.45, 7) is 0.0840. The minimum atomic E-state index is -0.840. The van der Waals surface area contributed by atoms with Gasteiger partial charge in [0, 0.05) is 39.2 Å². The third kappa shape index (κ3) is 3.74. The fourth-order valence-corrected chi connectivity index (χ4v) is 1.49. The van der Waals surface area contributed by atoms with Gasteiger partial charge in [-0.1, -0.05) is 0 Å². The molecule has 20 heavy (non-hydrogen) atoms. The van der Waals surface area contributed by atoms with Crippen LogP contribution in [0.2, 0.25) is 0 Å². The maximum absolute atomic E-state index is 13.6. The lowest BCUT2D eigenvalue weighted by atomic mass is 10.1. The molecule has 0 aliphatic rings. The fraction of sp³-hybridized carbons (Fsp3) is 0.333. The van der Waals surface area contributed by atoms with Gasteiger partial charge in [-0.25, -0.2) is 4.39 Å². The number of nitro benzene ring substituents is 1. The van der Waals surface area contributed by atoms with Gasteiger partial charge in [-0.05, 0) is 6.07 Å². The van der Waals surface area contributed by atoms with Crippen LogP contribution in [0.4, 0.5) is 10.1 Å². The van der Waals surface area contributed by atoms with Gasteiger partial charge in [0.2, 0.25) is 5.91 Å². The molecule has 0 bridgehead atoms. The summed E-state index contributed by atoms with van der Waals surface area (Å²) in [5, 5.41) is 13.0. The second-order valence-electron chi connectivity index (χ2n) is 4.07. The second-order valence-corrected chi connectivity index (χ2v) is 4.07. The Balaban J connectivity index is 2.88. The molecule has 108 valence electrons. The summed E-state index contributed by atoms with van der Waals surface area (Å²) in [5.41, 5.74) is -0.756. The molecule has 1 rings (SSSR count). The topological polar surface area (TPSA) is 92.6 Å². The van der Waals surface area contributed by atoms with E-state index in [1.165, 1.54) is 14.1 Å². The molecule has 1 aromatic rings. The van der Waals surface area contributed by atoms with Crippen LogP contribution in [0, 0.1) is 15.9 Å². The number of nitro groups is 1. The van der Waals surface area contributed by atoms with Gasteiger partial charge in [0.05, 0.1) is 10.5 Å². The zero-order valence-corrected chi connectivity index (χ0v) is 11.1. The van der Waals surface area contributed by atoms with E-state index in [4.69, 9.17) is 0 Å². The Hall–Kier alpha value is -2.51. The van der Waals surface area contributed by atoms with Gasteiger partial charge >= 0.3 is 0 Å². The summed E-state index contributed by atoms with van der Waals surface area (Å²) < 4.78 is 13.6. The Bertz CT molecular complexity index is 548. The molecule has 0 radical (unpaired) electrons. The molecule has 0 saturated carbocycles. The van der Waals surface area contributed by atoms with Gasteiger partial charge in [0.1, 0.15) is 5.82 Å². The molecule has 0 aliphatic heterocycles. The molecule has 0 aromatic heterocycles. The number of amides is 2. The molecule has 0 atom stereocenters. The van der Waals surface area contributed by atoms with E-state index >= 15 is 0 Å². The molecular formula is C12H14FN3O4. The third-order valence-electron chi connectivity index (χ3n) is 2.69. The van der Waals surface area contributed by atoms with Crippen molar-refractivity contribution in [2.24, 2.45) is 0 Å². The average Bonchev–Trinajstić information content (AvgIpc) is 2.43. The van der Waals surface area contributed by atoms with Crippen molar-refractivity contribution in [3.63, 3.8) is 0 Å². The largest absolute Gasteiger partial charge is 0.359 e. The molecule has 0 heterocycles. The summed E-state index contributed by atoms with van der Waals surface area (Å²) in [4.78, 5) is 34.1. The maximum atomic E-state index is 13.6. The van der Waals surface area contributed by atoms with E-state index in [0.717, 1.165) is 23.1 Å². The van der Waals surface area contributed by atoms with Crippen LogP contribution >= 0.6 is 0 Å². The first-order chi connectivity index (χ1) is 9.36. The highest BCUT2D eigenvalue weighted by atomic mass is 19.1. The first-order valence-electron chi connectivity index (χ1n) is 5.76. The van der Waals surface area contributed by atoms with Crippen LogP contribution < -0.4 is 5.32 Å². The van der Waals surface area contributed by atoms with Gasteiger partial charge in [-0.15, -0.1) is 0 Å². The SMILES string of the molecule is CNC(=O)CCN(C)C(=O)c1cc([N+](=O)[O-])ccc1F. The van der Waals surface area contributed by atoms with E-state index < -0.39 is 22.2 Å². The van der Waals surface area contributed by atoms with Crippen molar-refractivity contribution >= 4 is 17.5 Å². The molecular weight excluding hydrogens is 269 g/mol. The van der Waals surface area contributed by atoms with E-state index in [1.807, 2.05) is 0 Å². The predicted molar refractivity (Wildman–Crippen MR) is 68.7 cm³/mol. The molecule has 8 heteroatoms. The highest BCUT2D eigenvalue weighted by Gasteiger charge is 2.20. The Morgan fingerprint density at radius 3 is 2.65 bits per heavy atom. The monoisotopic (exact) mass is 283 g/mol. The van der Waals surface area contributed by atoms with Gasteiger partial charge in [-0.3, -0.25) is 19.7 Å². The van der Waals surface area contributed by atoms with Crippen LogP contribution in [0.5, 0.6) is 0 Å². The first kappa shape index (κ1) is 15.5. The third-order valence-corrected chi connectivity index (χ3v) is 2.69. The van der Waals surface area contributed by atoms with E-state index in [0.29, 0.717) is 0 Å². The molecule has 0 aliphatic carbocycles. The molecule has 0 saturated heterocycles. The number of carbonyl (C=O) groups excluding carboxylic acids is 2. The number of non-ortho nitro benzene ring substituents is 1. The number of nitrogens with zero attached hydrogens (tertiary/aromatic N) is 2. The van der Waals surface area contributed by atoms with Gasteiger partial charge in [0.15, 0.2) is 0 Å². The number of carbonyl (C=O) groups is 2. The smallest absolute Gasteiger partial charge is 0.270 e. The molecule has 0 unspecified atom stereocenters. The van der Waals surface area contributed by atoms with Crippen LogP contribution in [-0.4, -0.2) is 42.3 Å². The highest BCUT2D eigenvalue weighted by Crippen LogP contribution is 2.18. The molecule has 2 amide bonds. The van der Waals surface area contributed by atoms with Crippen molar-refractivity contribution in [2.45, 2.75) is 6.42 Å². The summed E-state index contributed by atoms with van der Waals surface area (Å²) in [5.74, 6) is -1.81. The van der Waals surface area contributed by atoms with Crippen molar-refractivity contribution in [3.8, 4) is 0 Å². The van der Waals surface area contributed by atoms with Gasteiger partial charge in [-0.2, -0.15) is 0 Å². The number of halogens is 1. The number of hydrogen-bond acceptors (Lipinski definition) is 4. The average molecular weight is 283 g/mol. The second kappa shape index (κ2) is 6.60. The number of rotatable bonds is 5.